The van der Waals surface area contributed by atoms with Crippen LogP contribution in [0, 0.1) is 11.8 Å². The Morgan fingerprint density at radius 1 is 1.21 bits per heavy atom. The van der Waals surface area contributed by atoms with Gasteiger partial charge in [0.1, 0.15) is 11.2 Å². The van der Waals surface area contributed by atoms with Crippen LogP contribution in [0.25, 0.3) is 0 Å². The van der Waals surface area contributed by atoms with Crippen molar-refractivity contribution in [3.05, 3.63) is 22.8 Å². The van der Waals surface area contributed by atoms with Crippen molar-refractivity contribution in [3.63, 3.8) is 0 Å². The summed E-state index contributed by atoms with van der Waals surface area (Å²) in [7, 11) is 0. The molecular weight excluding hydrogens is 394 g/mol. The van der Waals surface area contributed by atoms with E-state index in [2.05, 4.69) is 22.1 Å². The first-order valence-electron chi connectivity index (χ1n) is 9.51. The molecule has 1 atom stereocenters. The van der Waals surface area contributed by atoms with Crippen LogP contribution in [0.1, 0.15) is 59.9 Å². The molecule has 1 aliphatic heterocycles. The van der Waals surface area contributed by atoms with Crippen LogP contribution < -0.4 is 5.32 Å². The summed E-state index contributed by atoms with van der Waals surface area (Å²) in [4.78, 5) is 30.3. The molecule has 0 spiro atoms. The third kappa shape index (κ3) is 7.13. The molecule has 2 heterocycles. The SMILES string of the molecule is CC(C)(C)OC(=O)Nc1nccc(Cl)c1C#CC1CCCN1C(=O)OC(C)(C)C. The quantitative estimate of drug-likeness (QED) is 0.656. The smallest absolute Gasteiger partial charge is 0.413 e. The summed E-state index contributed by atoms with van der Waals surface area (Å²) in [6, 6.07) is 1.29. The van der Waals surface area contributed by atoms with Crippen LogP contribution in [0.2, 0.25) is 5.02 Å². The Morgan fingerprint density at radius 3 is 2.48 bits per heavy atom. The second-order valence-electron chi connectivity index (χ2n) is 8.74. The number of hydrogen-bond donors (Lipinski definition) is 1. The van der Waals surface area contributed by atoms with Crippen molar-refractivity contribution < 1.29 is 19.1 Å². The van der Waals surface area contributed by atoms with E-state index in [4.69, 9.17) is 21.1 Å². The third-order valence-corrected chi connectivity index (χ3v) is 4.08. The van der Waals surface area contributed by atoms with Crippen LogP contribution in [0.5, 0.6) is 0 Å². The number of likely N-dealkylation sites (tertiary alicyclic amines) is 1. The first-order valence-corrected chi connectivity index (χ1v) is 9.89. The zero-order chi connectivity index (χ0) is 21.8. The fraction of sp³-hybridized carbons (Fsp3) is 0.571. The standard InChI is InChI=1S/C21H28ClN3O4/c1-20(2,3)28-18(26)24-17-15(16(22)11-12-23-17)10-9-14-8-7-13-25(14)19(27)29-21(4,5)6/h11-12,14H,7-8,13H2,1-6H3,(H,23,24,26). The average Bonchev–Trinajstić information content (AvgIpc) is 2.99. The van der Waals surface area contributed by atoms with Crippen molar-refractivity contribution in [1.82, 2.24) is 9.88 Å². The molecule has 0 bridgehead atoms. The number of anilines is 1. The topological polar surface area (TPSA) is 80.8 Å². The number of rotatable bonds is 1. The molecule has 1 aromatic heterocycles. The Hall–Kier alpha value is -2.46. The Bertz CT molecular complexity index is 831. The molecule has 1 fully saturated rings. The first kappa shape index (κ1) is 22.8. The van der Waals surface area contributed by atoms with Crippen LogP contribution in [0.4, 0.5) is 15.4 Å². The monoisotopic (exact) mass is 421 g/mol. The molecule has 7 nitrogen and oxygen atoms in total. The van der Waals surface area contributed by atoms with Crippen LogP contribution in [0.3, 0.4) is 0 Å². The molecule has 0 saturated carbocycles. The molecule has 2 amide bonds. The number of pyridine rings is 1. The van der Waals surface area contributed by atoms with Gasteiger partial charge >= 0.3 is 12.2 Å². The number of amides is 2. The van der Waals surface area contributed by atoms with Gasteiger partial charge in [-0.3, -0.25) is 10.2 Å². The molecule has 0 radical (unpaired) electrons. The Kier molecular flexibility index (Phi) is 7.02. The fourth-order valence-corrected chi connectivity index (χ4v) is 2.86. The largest absolute Gasteiger partial charge is 0.444 e. The minimum absolute atomic E-state index is 0.209. The zero-order valence-electron chi connectivity index (χ0n) is 17.8. The van der Waals surface area contributed by atoms with E-state index in [0.717, 1.165) is 12.8 Å². The summed E-state index contributed by atoms with van der Waals surface area (Å²) >= 11 is 6.28. The summed E-state index contributed by atoms with van der Waals surface area (Å²) in [5.41, 5.74) is -0.850. The summed E-state index contributed by atoms with van der Waals surface area (Å²) in [5.74, 6) is 6.26. The summed E-state index contributed by atoms with van der Waals surface area (Å²) in [6.07, 6.45) is 2.01. The van der Waals surface area contributed by atoms with Crippen molar-refractivity contribution in [2.45, 2.75) is 71.6 Å². The maximum absolute atomic E-state index is 12.4. The van der Waals surface area contributed by atoms with Gasteiger partial charge in [0.2, 0.25) is 0 Å². The lowest BCUT2D eigenvalue weighted by molar-refractivity contribution is 0.0260. The molecule has 1 aromatic rings. The van der Waals surface area contributed by atoms with Gasteiger partial charge in [0.05, 0.1) is 16.6 Å². The Balaban J connectivity index is 2.21. The molecule has 8 heteroatoms. The number of ether oxygens (including phenoxy) is 2. The zero-order valence-corrected chi connectivity index (χ0v) is 18.5. The van der Waals surface area contributed by atoms with Crippen molar-refractivity contribution in [2.24, 2.45) is 0 Å². The van der Waals surface area contributed by atoms with Crippen LogP contribution in [-0.4, -0.2) is 45.9 Å². The molecule has 1 N–H and O–H groups in total. The molecule has 2 rings (SSSR count). The van der Waals surface area contributed by atoms with Gasteiger partial charge in [0.15, 0.2) is 5.82 Å². The number of aromatic nitrogens is 1. The average molecular weight is 422 g/mol. The van der Waals surface area contributed by atoms with E-state index >= 15 is 0 Å². The van der Waals surface area contributed by atoms with Gasteiger partial charge in [-0.1, -0.05) is 23.4 Å². The van der Waals surface area contributed by atoms with Gasteiger partial charge in [0, 0.05) is 12.7 Å². The molecule has 1 saturated heterocycles. The minimum Gasteiger partial charge on any atom is -0.444 e. The van der Waals surface area contributed by atoms with Gasteiger partial charge in [-0.2, -0.15) is 0 Å². The number of halogens is 1. The minimum atomic E-state index is -0.647. The van der Waals surface area contributed by atoms with Gasteiger partial charge < -0.3 is 9.47 Å². The first-order chi connectivity index (χ1) is 13.4. The van der Waals surface area contributed by atoms with Crippen molar-refractivity contribution in [2.75, 3.05) is 11.9 Å². The Morgan fingerprint density at radius 2 is 1.86 bits per heavy atom. The maximum Gasteiger partial charge on any atom is 0.413 e. The normalized spacial score (nSPS) is 16.7. The molecule has 29 heavy (non-hydrogen) atoms. The van der Waals surface area contributed by atoms with Crippen molar-refractivity contribution in [1.29, 1.82) is 0 Å². The second kappa shape index (κ2) is 8.91. The maximum atomic E-state index is 12.4. The van der Waals surface area contributed by atoms with E-state index in [9.17, 15) is 9.59 Å². The molecule has 158 valence electrons. The predicted octanol–water partition coefficient (Wildman–Crippen LogP) is 4.83. The highest BCUT2D eigenvalue weighted by molar-refractivity contribution is 6.32. The van der Waals surface area contributed by atoms with Crippen LogP contribution >= 0.6 is 11.6 Å². The van der Waals surface area contributed by atoms with Crippen molar-refractivity contribution >= 4 is 29.6 Å². The lowest BCUT2D eigenvalue weighted by atomic mass is 10.2. The van der Waals surface area contributed by atoms with E-state index in [1.54, 1.807) is 31.7 Å². The number of nitrogens with one attached hydrogen (secondary N) is 1. The van der Waals surface area contributed by atoms with Crippen LogP contribution in [0.15, 0.2) is 12.3 Å². The van der Waals surface area contributed by atoms with E-state index < -0.39 is 23.4 Å². The molecule has 0 aliphatic carbocycles. The van der Waals surface area contributed by atoms with Crippen LogP contribution in [-0.2, 0) is 9.47 Å². The Labute approximate surface area is 177 Å². The number of nitrogens with zero attached hydrogens (tertiary/aromatic N) is 2. The van der Waals surface area contributed by atoms with E-state index in [0.29, 0.717) is 17.1 Å². The summed E-state index contributed by atoms with van der Waals surface area (Å²) in [6.45, 7) is 11.4. The summed E-state index contributed by atoms with van der Waals surface area (Å²) in [5, 5.41) is 2.93. The molecular formula is C21H28ClN3O4. The third-order valence-electron chi connectivity index (χ3n) is 3.76. The van der Waals surface area contributed by atoms with E-state index in [1.807, 2.05) is 20.8 Å². The van der Waals surface area contributed by atoms with Gasteiger partial charge in [-0.05, 0) is 60.5 Å². The fourth-order valence-electron chi connectivity index (χ4n) is 2.66. The van der Waals surface area contributed by atoms with E-state index in [-0.39, 0.29) is 11.9 Å². The lowest BCUT2D eigenvalue weighted by Crippen LogP contribution is -2.39. The van der Waals surface area contributed by atoms with Gasteiger partial charge in [-0.25, -0.2) is 14.6 Å². The highest BCUT2D eigenvalue weighted by atomic mass is 35.5. The highest BCUT2D eigenvalue weighted by Crippen LogP contribution is 2.24. The van der Waals surface area contributed by atoms with Gasteiger partial charge in [0.25, 0.3) is 0 Å². The number of carbonyl (C=O) groups is 2. The highest BCUT2D eigenvalue weighted by Gasteiger charge is 2.31. The number of hydrogen-bond acceptors (Lipinski definition) is 5. The van der Waals surface area contributed by atoms with E-state index in [1.165, 1.54) is 6.20 Å². The van der Waals surface area contributed by atoms with Crippen molar-refractivity contribution in [3.8, 4) is 11.8 Å². The van der Waals surface area contributed by atoms with Gasteiger partial charge in [-0.15, -0.1) is 0 Å². The predicted molar refractivity (Wildman–Crippen MR) is 112 cm³/mol. The second-order valence-corrected chi connectivity index (χ2v) is 9.15. The molecule has 1 unspecified atom stereocenters. The molecule has 1 aliphatic rings. The lowest BCUT2D eigenvalue weighted by Gasteiger charge is -2.26. The summed E-state index contributed by atoms with van der Waals surface area (Å²) < 4.78 is 10.7. The number of carbonyl (C=O) groups excluding carboxylic acids is 2. The molecule has 0 aromatic carbocycles.